The van der Waals surface area contributed by atoms with Crippen molar-refractivity contribution >= 4 is 37.8 Å². The topological polar surface area (TPSA) is 47.0 Å². The maximum absolute atomic E-state index is 12.5. The number of pyridine rings is 1. The molecule has 7 heteroatoms. The minimum Gasteiger partial charge on any atom is -0.243 e. The molecule has 1 aromatic heterocycles. The largest absolute Gasteiger partial charge is 0.336 e. The van der Waals surface area contributed by atoms with Crippen molar-refractivity contribution < 1.29 is 12.3 Å². The Hall–Kier alpha value is -0.200. The normalized spacial score (nSPS) is 11.6. The van der Waals surface area contributed by atoms with Gasteiger partial charge in [-0.15, -0.1) is 3.89 Å². The van der Waals surface area contributed by atoms with Gasteiger partial charge in [0, 0.05) is 10.7 Å². The van der Waals surface area contributed by atoms with E-state index in [1.807, 2.05) is 0 Å². The SMILES string of the molecule is O=S(=O)(F)c1c(Br)ccnc1Cl. The van der Waals surface area contributed by atoms with Crippen LogP contribution >= 0.6 is 27.5 Å². The zero-order chi connectivity index (χ0) is 9.35. The van der Waals surface area contributed by atoms with Crippen molar-refractivity contribution in [3.8, 4) is 0 Å². The number of hydrogen-bond acceptors (Lipinski definition) is 3. The van der Waals surface area contributed by atoms with Crippen LogP contribution in [0.25, 0.3) is 0 Å². The highest BCUT2D eigenvalue weighted by Gasteiger charge is 2.20. The molecule has 12 heavy (non-hydrogen) atoms. The summed E-state index contributed by atoms with van der Waals surface area (Å²) in [6, 6.07) is 1.29. The van der Waals surface area contributed by atoms with Gasteiger partial charge in [0.15, 0.2) is 5.15 Å². The lowest BCUT2D eigenvalue weighted by Gasteiger charge is -1.99. The Morgan fingerprint density at radius 3 is 2.50 bits per heavy atom. The van der Waals surface area contributed by atoms with Gasteiger partial charge in [0.25, 0.3) is 0 Å². The standard InChI is InChI=1S/C5H2BrClFNO2S/c6-3-1-2-9-5(7)4(3)12(8,10)11/h1-2H. The molecule has 1 rings (SSSR count). The summed E-state index contributed by atoms with van der Waals surface area (Å²) in [5.41, 5.74) is 0. The van der Waals surface area contributed by atoms with Gasteiger partial charge in [-0.3, -0.25) is 0 Å². The number of rotatable bonds is 1. The van der Waals surface area contributed by atoms with Crippen LogP contribution in [-0.4, -0.2) is 13.4 Å². The number of nitrogens with zero attached hydrogens (tertiary/aromatic N) is 1. The average Bonchev–Trinajstić information content (AvgIpc) is 1.82. The minimum atomic E-state index is -4.81. The fourth-order valence-electron chi connectivity index (χ4n) is 0.618. The molecule has 0 aliphatic carbocycles. The second-order valence-corrected chi connectivity index (χ2v) is 4.35. The van der Waals surface area contributed by atoms with Crippen molar-refractivity contribution in [2.24, 2.45) is 0 Å². The van der Waals surface area contributed by atoms with Gasteiger partial charge in [-0.2, -0.15) is 8.42 Å². The molecule has 0 saturated carbocycles. The molecule has 0 aliphatic heterocycles. The molecular formula is C5H2BrClFNO2S. The van der Waals surface area contributed by atoms with E-state index in [1.165, 1.54) is 12.3 Å². The van der Waals surface area contributed by atoms with Crippen LogP contribution in [0.3, 0.4) is 0 Å². The predicted molar refractivity (Wildman–Crippen MR) is 45.2 cm³/mol. The second kappa shape index (κ2) is 3.27. The van der Waals surface area contributed by atoms with E-state index in [2.05, 4.69) is 20.9 Å². The van der Waals surface area contributed by atoms with E-state index >= 15 is 0 Å². The van der Waals surface area contributed by atoms with Crippen LogP contribution in [-0.2, 0) is 10.2 Å². The Morgan fingerprint density at radius 1 is 1.58 bits per heavy atom. The summed E-state index contributed by atoms with van der Waals surface area (Å²) in [6.07, 6.45) is 1.26. The van der Waals surface area contributed by atoms with E-state index in [0.29, 0.717) is 0 Å². The van der Waals surface area contributed by atoms with E-state index in [0.717, 1.165) is 0 Å². The Balaban J connectivity index is 3.53. The maximum atomic E-state index is 12.5. The van der Waals surface area contributed by atoms with Gasteiger partial charge in [-0.25, -0.2) is 4.98 Å². The molecule has 3 nitrogen and oxygen atoms in total. The minimum absolute atomic E-state index is 0.0602. The fraction of sp³-hybridized carbons (Fsp3) is 0. The molecule has 0 bridgehead atoms. The summed E-state index contributed by atoms with van der Waals surface area (Å²) < 4.78 is 33.4. The van der Waals surface area contributed by atoms with Gasteiger partial charge in [0.05, 0.1) is 0 Å². The van der Waals surface area contributed by atoms with Crippen molar-refractivity contribution in [2.45, 2.75) is 4.90 Å². The molecule has 1 heterocycles. The third kappa shape index (κ3) is 1.94. The molecule has 0 aromatic carbocycles. The molecule has 0 radical (unpaired) electrons. The molecule has 1 aromatic rings. The van der Waals surface area contributed by atoms with Gasteiger partial charge in [-0.05, 0) is 22.0 Å². The average molecular weight is 274 g/mol. The third-order valence-corrected chi connectivity index (χ3v) is 3.28. The van der Waals surface area contributed by atoms with E-state index in [9.17, 15) is 12.3 Å². The maximum Gasteiger partial charge on any atom is 0.336 e. The first-order valence-electron chi connectivity index (χ1n) is 2.67. The van der Waals surface area contributed by atoms with Gasteiger partial charge in [0.1, 0.15) is 4.90 Å². The van der Waals surface area contributed by atoms with Crippen LogP contribution in [0.2, 0.25) is 5.15 Å². The van der Waals surface area contributed by atoms with Crippen LogP contribution in [0.1, 0.15) is 0 Å². The smallest absolute Gasteiger partial charge is 0.243 e. The Bertz CT molecular complexity index is 388. The number of aromatic nitrogens is 1. The molecule has 0 aliphatic rings. The fourth-order valence-corrected chi connectivity index (χ4v) is 2.61. The van der Waals surface area contributed by atoms with Crippen LogP contribution in [0.4, 0.5) is 3.89 Å². The zero-order valence-electron chi connectivity index (χ0n) is 5.46. The first-order chi connectivity index (χ1) is 5.43. The molecular weight excluding hydrogens is 272 g/mol. The summed E-state index contributed by atoms with van der Waals surface area (Å²) in [5.74, 6) is 0. The quantitative estimate of drug-likeness (QED) is 0.582. The molecule has 0 unspecified atom stereocenters. The Labute approximate surface area is 81.9 Å². The predicted octanol–water partition coefficient (Wildman–Crippen LogP) is 2.16. The van der Waals surface area contributed by atoms with Gasteiger partial charge in [0.2, 0.25) is 0 Å². The number of halogens is 3. The van der Waals surface area contributed by atoms with Crippen molar-refractivity contribution in [3.63, 3.8) is 0 Å². The highest BCUT2D eigenvalue weighted by Crippen LogP contribution is 2.28. The summed E-state index contributed by atoms with van der Waals surface area (Å²) in [4.78, 5) is 2.79. The second-order valence-electron chi connectivity index (χ2n) is 1.85. The summed E-state index contributed by atoms with van der Waals surface area (Å²) in [7, 11) is -4.81. The lowest BCUT2D eigenvalue weighted by Crippen LogP contribution is -1.96. The first-order valence-corrected chi connectivity index (χ1v) is 5.23. The van der Waals surface area contributed by atoms with Gasteiger partial charge in [-0.1, -0.05) is 11.6 Å². The highest BCUT2D eigenvalue weighted by atomic mass is 79.9. The van der Waals surface area contributed by atoms with Gasteiger partial charge >= 0.3 is 10.2 Å². The monoisotopic (exact) mass is 273 g/mol. The third-order valence-electron chi connectivity index (χ3n) is 1.06. The van der Waals surface area contributed by atoms with Crippen LogP contribution in [0.5, 0.6) is 0 Å². The lowest BCUT2D eigenvalue weighted by molar-refractivity contribution is 0.551. The molecule has 0 N–H and O–H groups in total. The van der Waals surface area contributed by atoms with Crippen LogP contribution < -0.4 is 0 Å². The Kier molecular flexibility index (Phi) is 2.70. The van der Waals surface area contributed by atoms with E-state index < -0.39 is 15.1 Å². The summed E-state index contributed by atoms with van der Waals surface area (Å²) in [6.45, 7) is 0. The highest BCUT2D eigenvalue weighted by molar-refractivity contribution is 9.10. The van der Waals surface area contributed by atoms with Crippen molar-refractivity contribution in [1.29, 1.82) is 0 Å². The first kappa shape index (κ1) is 9.88. The van der Waals surface area contributed by atoms with E-state index in [1.54, 1.807) is 0 Å². The van der Waals surface area contributed by atoms with Crippen LogP contribution in [0.15, 0.2) is 21.6 Å². The van der Waals surface area contributed by atoms with E-state index in [4.69, 9.17) is 11.6 Å². The molecule has 0 amide bonds. The molecule has 0 atom stereocenters. The van der Waals surface area contributed by atoms with Crippen molar-refractivity contribution in [1.82, 2.24) is 4.98 Å². The summed E-state index contributed by atoms with van der Waals surface area (Å²) >= 11 is 8.19. The molecule has 66 valence electrons. The van der Waals surface area contributed by atoms with Crippen molar-refractivity contribution in [2.75, 3.05) is 0 Å². The number of hydrogen-bond donors (Lipinski definition) is 0. The molecule has 0 saturated heterocycles. The van der Waals surface area contributed by atoms with Crippen LogP contribution in [0, 0.1) is 0 Å². The zero-order valence-corrected chi connectivity index (χ0v) is 8.62. The molecule has 0 fully saturated rings. The van der Waals surface area contributed by atoms with Crippen molar-refractivity contribution in [3.05, 3.63) is 21.9 Å². The Morgan fingerprint density at radius 2 is 2.17 bits per heavy atom. The van der Waals surface area contributed by atoms with Gasteiger partial charge < -0.3 is 0 Å². The summed E-state index contributed by atoms with van der Waals surface area (Å²) in [5, 5.41) is -0.383. The molecule has 0 spiro atoms. The van der Waals surface area contributed by atoms with E-state index in [-0.39, 0.29) is 9.63 Å². The lowest BCUT2D eigenvalue weighted by atomic mass is 10.5.